The molecule has 3 atom stereocenters. The van der Waals surface area contributed by atoms with Crippen molar-refractivity contribution in [3.8, 4) is 0 Å². The first kappa shape index (κ1) is 18.2. The van der Waals surface area contributed by atoms with Gasteiger partial charge in [-0.1, -0.05) is 6.07 Å². The summed E-state index contributed by atoms with van der Waals surface area (Å²) in [7, 11) is 0. The molecular weight excluding hydrogens is 362 g/mol. The average molecular weight is 379 g/mol. The first-order valence-corrected chi connectivity index (χ1v) is 8.67. The van der Waals surface area contributed by atoms with E-state index in [9.17, 15) is 29.6 Å². The number of non-ortho nitro benzene ring substituents is 1. The lowest BCUT2D eigenvalue weighted by Gasteiger charge is -2.51. The molecule has 0 radical (unpaired) electrons. The molecule has 26 heavy (non-hydrogen) atoms. The fraction of sp³-hybridized carbons (Fsp3) is 0.438. The number of carboxylic acids is 1. The Bertz CT molecular complexity index is 841. The third-order valence-corrected chi connectivity index (χ3v) is 6.46. The van der Waals surface area contributed by atoms with Crippen LogP contribution in [0.25, 0.3) is 0 Å². The van der Waals surface area contributed by atoms with Crippen LogP contribution in [0.15, 0.2) is 24.3 Å². The van der Waals surface area contributed by atoms with Crippen LogP contribution in [0.2, 0.25) is 0 Å². The highest BCUT2D eigenvalue weighted by Gasteiger charge is 2.70. The van der Waals surface area contributed by atoms with Crippen molar-refractivity contribution in [2.24, 2.45) is 0 Å². The van der Waals surface area contributed by atoms with Gasteiger partial charge in [0.15, 0.2) is 0 Å². The molecule has 2 aliphatic heterocycles. The van der Waals surface area contributed by atoms with Crippen LogP contribution in [0, 0.1) is 10.1 Å². The third kappa shape index (κ3) is 2.52. The molecule has 1 aromatic carbocycles. The van der Waals surface area contributed by atoms with Gasteiger partial charge >= 0.3 is 5.97 Å². The van der Waals surface area contributed by atoms with Gasteiger partial charge in [-0.2, -0.15) is 0 Å². The Morgan fingerprint density at radius 2 is 2.00 bits per heavy atom. The molecule has 2 saturated heterocycles. The number of benzene rings is 1. The Labute approximate surface area is 152 Å². The van der Waals surface area contributed by atoms with Crippen molar-refractivity contribution >= 4 is 35.2 Å². The topological polar surface area (TPSA) is 130 Å². The van der Waals surface area contributed by atoms with Crippen LogP contribution in [0.3, 0.4) is 0 Å². The number of thioether (sulfide) groups is 1. The van der Waals surface area contributed by atoms with Crippen molar-refractivity contribution < 1.29 is 24.4 Å². The highest BCUT2D eigenvalue weighted by molar-refractivity contribution is 8.01. The summed E-state index contributed by atoms with van der Waals surface area (Å²) in [5, 5.41) is 22.4. The first-order valence-electron chi connectivity index (χ1n) is 7.79. The van der Waals surface area contributed by atoms with Crippen LogP contribution in [-0.2, 0) is 9.59 Å². The van der Waals surface area contributed by atoms with E-state index in [1.54, 1.807) is 20.8 Å². The predicted octanol–water partition coefficient (Wildman–Crippen LogP) is 1.23. The third-order valence-electron chi connectivity index (χ3n) is 4.70. The molecule has 9 nitrogen and oxygen atoms in total. The van der Waals surface area contributed by atoms with Crippen LogP contribution in [0.4, 0.5) is 5.69 Å². The Morgan fingerprint density at radius 1 is 1.35 bits per heavy atom. The average Bonchev–Trinajstić information content (AvgIpc) is 2.84. The van der Waals surface area contributed by atoms with Gasteiger partial charge in [-0.15, -0.1) is 11.8 Å². The smallest absolute Gasteiger partial charge is 0.327 e. The standard InChI is InChI=1S/C16H17N3O6S/c1-15(2)10(12(21)22)18-13(23)16(3,14(18)26-15)17-11(20)8-5-4-6-9(7-8)19(24)25/h4-7,10,14H,1-3H3,(H,17,20)(H,21,22)/t10-,14+,16-/m0/s1. The molecular formula is C16H17N3O6S. The zero-order valence-corrected chi connectivity index (χ0v) is 15.1. The van der Waals surface area contributed by atoms with Crippen LogP contribution >= 0.6 is 11.8 Å². The molecule has 1 aromatic rings. The molecule has 2 heterocycles. The molecule has 2 fully saturated rings. The van der Waals surface area contributed by atoms with Crippen LogP contribution in [-0.4, -0.2) is 54.4 Å². The van der Waals surface area contributed by atoms with E-state index in [0.29, 0.717) is 0 Å². The van der Waals surface area contributed by atoms with E-state index in [4.69, 9.17) is 0 Å². The number of carbonyl (C=O) groups excluding carboxylic acids is 2. The van der Waals surface area contributed by atoms with Gasteiger partial charge in [0.25, 0.3) is 17.5 Å². The maximum absolute atomic E-state index is 12.6. The molecule has 3 rings (SSSR count). The first-order chi connectivity index (χ1) is 12.0. The van der Waals surface area contributed by atoms with E-state index in [1.807, 2.05) is 0 Å². The Balaban J connectivity index is 1.84. The summed E-state index contributed by atoms with van der Waals surface area (Å²) in [5.74, 6) is -2.20. The maximum atomic E-state index is 12.6. The fourth-order valence-electron chi connectivity index (χ4n) is 3.41. The lowest BCUT2D eigenvalue weighted by atomic mass is 9.86. The van der Waals surface area contributed by atoms with Crippen molar-refractivity contribution in [2.45, 2.75) is 42.5 Å². The van der Waals surface area contributed by atoms with Crippen LogP contribution < -0.4 is 5.32 Å². The largest absolute Gasteiger partial charge is 0.480 e. The zero-order chi connectivity index (χ0) is 19.4. The van der Waals surface area contributed by atoms with Crippen LogP contribution in [0.1, 0.15) is 31.1 Å². The molecule has 0 spiro atoms. The van der Waals surface area contributed by atoms with Crippen molar-refractivity contribution in [2.75, 3.05) is 0 Å². The second kappa shape index (κ2) is 5.70. The number of nitro benzene ring substituents is 1. The molecule has 2 aliphatic rings. The predicted molar refractivity (Wildman–Crippen MR) is 92.7 cm³/mol. The number of nitrogens with one attached hydrogen (secondary N) is 1. The van der Waals surface area contributed by atoms with E-state index < -0.39 is 44.4 Å². The highest BCUT2D eigenvalue weighted by atomic mass is 32.2. The number of rotatable bonds is 4. The minimum atomic E-state index is -1.27. The highest BCUT2D eigenvalue weighted by Crippen LogP contribution is 2.54. The van der Waals surface area contributed by atoms with Gasteiger partial charge in [0.1, 0.15) is 17.0 Å². The number of aliphatic carboxylic acids is 1. The van der Waals surface area contributed by atoms with Gasteiger partial charge in [0, 0.05) is 22.4 Å². The van der Waals surface area contributed by atoms with E-state index in [-0.39, 0.29) is 11.3 Å². The number of fused-ring (bicyclic) bond motifs is 1. The van der Waals surface area contributed by atoms with Gasteiger partial charge in [0.05, 0.1) is 4.92 Å². The van der Waals surface area contributed by atoms with Crippen LogP contribution in [0.5, 0.6) is 0 Å². The Hall–Kier alpha value is -2.62. The summed E-state index contributed by atoms with van der Waals surface area (Å²) in [6, 6.07) is 4.22. The van der Waals surface area contributed by atoms with E-state index in [0.717, 1.165) is 6.07 Å². The molecule has 138 valence electrons. The van der Waals surface area contributed by atoms with E-state index in [2.05, 4.69) is 5.32 Å². The Morgan fingerprint density at radius 3 is 2.58 bits per heavy atom. The fourth-order valence-corrected chi connectivity index (χ4v) is 5.05. The molecule has 2 N–H and O–H groups in total. The molecule has 10 heteroatoms. The lowest BCUT2D eigenvalue weighted by molar-refractivity contribution is -0.384. The number of carboxylic acid groups (broad SMARTS) is 1. The van der Waals surface area contributed by atoms with Gasteiger partial charge in [-0.3, -0.25) is 19.7 Å². The van der Waals surface area contributed by atoms with E-state index in [1.165, 1.54) is 34.9 Å². The van der Waals surface area contributed by atoms with E-state index >= 15 is 0 Å². The monoisotopic (exact) mass is 379 g/mol. The quantitative estimate of drug-likeness (QED) is 0.457. The summed E-state index contributed by atoms with van der Waals surface area (Å²) >= 11 is 1.31. The SMILES string of the molecule is CC1(C)S[C@H]2N(C(=O)[C@]2(C)NC(=O)c2cccc([N+](=O)[O-])c2)[C@H]1C(=O)O. The minimum absolute atomic E-state index is 0.0590. The number of nitrogens with zero attached hydrogens (tertiary/aromatic N) is 2. The summed E-state index contributed by atoms with van der Waals surface area (Å²) < 4.78 is -0.708. The second-order valence-electron chi connectivity index (χ2n) is 6.99. The summed E-state index contributed by atoms with van der Waals surface area (Å²) in [5.41, 5.74) is -1.44. The second-order valence-corrected chi connectivity index (χ2v) is 8.73. The van der Waals surface area contributed by atoms with Crippen molar-refractivity contribution in [1.29, 1.82) is 0 Å². The number of β-lactam (4-membered cyclic amide) rings is 1. The molecule has 0 aromatic heterocycles. The molecule has 0 aliphatic carbocycles. The molecule has 0 saturated carbocycles. The van der Waals surface area contributed by atoms with Crippen molar-refractivity contribution in [3.05, 3.63) is 39.9 Å². The van der Waals surface area contributed by atoms with Crippen molar-refractivity contribution in [1.82, 2.24) is 10.2 Å². The summed E-state index contributed by atoms with van der Waals surface area (Å²) in [6.45, 7) is 5.02. The molecule has 0 bridgehead atoms. The van der Waals surface area contributed by atoms with Gasteiger partial charge in [-0.25, -0.2) is 4.79 Å². The van der Waals surface area contributed by atoms with Gasteiger partial charge in [-0.05, 0) is 26.8 Å². The summed E-state index contributed by atoms with van der Waals surface area (Å²) in [4.78, 5) is 48.2. The summed E-state index contributed by atoms with van der Waals surface area (Å²) in [6.07, 6.45) is 0. The number of hydrogen-bond donors (Lipinski definition) is 2. The number of amides is 2. The molecule has 0 unspecified atom stereocenters. The maximum Gasteiger partial charge on any atom is 0.327 e. The molecule has 2 amide bonds. The number of nitro groups is 1. The zero-order valence-electron chi connectivity index (χ0n) is 14.3. The lowest BCUT2D eigenvalue weighted by Crippen LogP contribution is -2.78. The van der Waals surface area contributed by atoms with Crippen molar-refractivity contribution in [3.63, 3.8) is 0 Å². The Kier molecular flexibility index (Phi) is 3.98. The number of hydrogen-bond acceptors (Lipinski definition) is 6. The number of carbonyl (C=O) groups is 3. The minimum Gasteiger partial charge on any atom is -0.480 e. The van der Waals surface area contributed by atoms with Gasteiger partial charge < -0.3 is 15.3 Å². The normalized spacial score (nSPS) is 28.9. The van der Waals surface area contributed by atoms with Gasteiger partial charge in [0.2, 0.25) is 0 Å².